The van der Waals surface area contributed by atoms with Crippen molar-refractivity contribution in [2.24, 2.45) is 5.41 Å². The molecule has 0 saturated heterocycles. The van der Waals surface area contributed by atoms with Crippen molar-refractivity contribution >= 4 is 54.4 Å². The van der Waals surface area contributed by atoms with Crippen molar-refractivity contribution in [3.63, 3.8) is 0 Å². The number of carbonyl (C=O) groups is 1. The normalized spacial score (nSPS) is 20.4. The van der Waals surface area contributed by atoms with Crippen molar-refractivity contribution in [2.75, 3.05) is 23.7 Å². The molecular weight excluding hydrogens is 741 g/mol. The van der Waals surface area contributed by atoms with E-state index in [0.29, 0.717) is 23.4 Å². The molecule has 0 fully saturated rings. The number of fused-ring (bicyclic) bond motifs is 3. The van der Waals surface area contributed by atoms with E-state index in [1.165, 1.54) is 23.8 Å². The van der Waals surface area contributed by atoms with Crippen LogP contribution in [0.1, 0.15) is 97.8 Å². The van der Waals surface area contributed by atoms with Gasteiger partial charge in [0.05, 0.1) is 26.0 Å². The Morgan fingerprint density at radius 3 is 2.33 bits per heavy atom. The Labute approximate surface area is 325 Å². The fraction of sp³-hybridized carbons (Fsp3) is 0.429. The van der Waals surface area contributed by atoms with Crippen molar-refractivity contribution in [3.05, 3.63) is 95.3 Å². The number of ether oxygens (including phenoxy) is 1. The molecule has 13 heteroatoms. The molecule has 0 aromatic heterocycles. The Hall–Kier alpha value is -4.30. The molecular formula is C42H51N2O9S2-. The minimum absolute atomic E-state index is 0.00678. The molecule has 0 spiro atoms. The van der Waals surface area contributed by atoms with E-state index >= 15 is 0 Å². The van der Waals surface area contributed by atoms with Gasteiger partial charge in [0.25, 0.3) is 0 Å². The van der Waals surface area contributed by atoms with Gasteiger partial charge in [0.15, 0.2) is 5.71 Å². The number of allylic oxidation sites excluding steroid dienone is 9. The fourth-order valence-corrected chi connectivity index (χ4v) is 8.90. The molecule has 0 saturated carbocycles. The summed E-state index contributed by atoms with van der Waals surface area (Å²) in [6.45, 7) is 17.8. The van der Waals surface area contributed by atoms with Crippen molar-refractivity contribution in [1.29, 1.82) is 0 Å². The molecule has 1 N–H and O–H groups in total. The van der Waals surface area contributed by atoms with E-state index in [2.05, 4.69) is 77.7 Å². The van der Waals surface area contributed by atoms with Gasteiger partial charge >= 0.3 is 5.97 Å². The molecule has 5 rings (SSSR count). The van der Waals surface area contributed by atoms with Gasteiger partial charge in [-0.25, -0.2) is 16.8 Å². The molecule has 2 aromatic rings. The van der Waals surface area contributed by atoms with Gasteiger partial charge in [0.2, 0.25) is 5.69 Å². The first-order valence-corrected chi connectivity index (χ1v) is 21.5. The molecule has 296 valence electrons. The molecule has 3 aliphatic rings. The van der Waals surface area contributed by atoms with Crippen LogP contribution < -0.4 is 9.64 Å². The van der Waals surface area contributed by atoms with E-state index in [9.17, 15) is 35.8 Å². The predicted octanol–water partition coefficient (Wildman–Crippen LogP) is 7.68. The van der Waals surface area contributed by atoms with Gasteiger partial charge in [-0.3, -0.25) is 4.79 Å². The van der Waals surface area contributed by atoms with Gasteiger partial charge < -0.3 is 23.8 Å². The highest BCUT2D eigenvalue weighted by Crippen LogP contribution is 2.48. The first-order valence-electron chi connectivity index (χ1n) is 18.5. The summed E-state index contributed by atoms with van der Waals surface area (Å²) < 4.78 is 79.1. The number of likely N-dealkylation sites (N-methyl/N-ethyl adjacent to an activating group) is 1. The van der Waals surface area contributed by atoms with Crippen molar-refractivity contribution < 1.29 is 45.2 Å². The van der Waals surface area contributed by atoms with Crippen LogP contribution in [0.4, 0.5) is 11.4 Å². The van der Waals surface area contributed by atoms with Crippen LogP contribution in [0, 0.1) is 5.41 Å². The molecule has 11 nitrogen and oxygen atoms in total. The van der Waals surface area contributed by atoms with Gasteiger partial charge in [0.1, 0.15) is 28.2 Å². The molecule has 3 aliphatic heterocycles. The number of hydrogen-bond acceptors (Lipinski definition) is 9. The van der Waals surface area contributed by atoms with Gasteiger partial charge in [-0.2, -0.15) is 4.58 Å². The Morgan fingerprint density at radius 2 is 1.71 bits per heavy atom. The number of carboxylic acid groups (broad SMARTS) is 1. The average Bonchev–Trinajstić information content (AvgIpc) is 3.28. The predicted molar refractivity (Wildman–Crippen MR) is 214 cm³/mol. The SMILES string of the molecule is CCN1c2cc3c(cc2C(C)=CC1(C)C)C(=CC=CC=CC1=[N+](CCCS(=O)(=O)[O-])c2ccc(S(=O)(=O)[O-])cc2C1(C)CCCC(=O)O)C=C(C(C)(C)C)O3. The van der Waals surface area contributed by atoms with Crippen molar-refractivity contribution in [1.82, 2.24) is 0 Å². The van der Waals surface area contributed by atoms with E-state index in [1.807, 2.05) is 41.9 Å². The summed E-state index contributed by atoms with van der Waals surface area (Å²) in [5.74, 6) is 0.0116. The van der Waals surface area contributed by atoms with Crippen LogP contribution in [0.15, 0.2) is 83.5 Å². The summed E-state index contributed by atoms with van der Waals surface area (Å²) in [5, 5.41) is 9.40. The Bertz CT molecular complexity index is 2300. The van der Waals surface area contributed by atoms with E-state index in [0.717, 1.165) is 40.4 Å². The standard InChI is InChI=1S/C42H52N2O9S2/c1-9-44-35-26-36-32(25-31(35)28(2)27-41(44,6)7)29(23-38(53-36)40(3,4)5)15-11-10-12-16-37-42(8,20-13-17-39(45)46)33-24-30(55(50,51)52)18-19-34(33)43(37)21-14-22-54(47,48)49/h10-12,15-16,18-19,23-27H,9,13-14,17,20-22H2,1-8H3,(H2-,45,46,47,48,49,50,51,52)/p-1. The molecule has 55 heavy (non-hydrogen) atoms. The fourth-order valence-electron chi connectivity index (χ4n) is 7.92. The highest BCUT2D eigenvalue weighted by atomic mass is 32.2. The lowest BCUT2D eigenvalue weighted by Gasteiger charge is -2.43. The highest BCUT2D eigenvalue weighted by Gasteiger charge is 2.47. The Balaban J connectivity index is 1.58. The maximum absolute atomic E-state index is 12.1. The number of hydrogen-bond donors (Lipinski definition) is 1. The van der Waals surface area contributed by atoms with E-state index in [1.54, 1.807) is 0 Å². The molecule has 1 atom stereocenters. The third-order valence-electron chi connectivity index (χ3n) is 10.5. The second kappa shape index (κ2) is 15.3. The maximum atomic E-state index is 12.1. The Kier molecular flexibility index (Phi) is 11.7. The number of aliphatic carboxylic acids is 1. The molecule has 0 aliphatic carbocycles. The number of anilines is 1. The molecule has 2 aromatic carbocycles. The maximum Gasteiger partial charge on any atom is 0.303 e. The zero-order valence-corrected chi connectivity index (χ0v) is 34.4. The van der Waals surface area contributed by atoms with Crippen LogP contribution >= 0.6 is 0 Å². The zero-order chi connectivity index (χ0) is 40.7. The van der Waals surface area contributed by atoms with Crippen LogP contribution in [0.2, 0.25) is 0 Å². The number of nitrogens with zero attached hydrogens (tertiary/aromatic N) is 2. The van der Waals surface area contributed by atoms with Crippen LogP contribution in [0.25, 0.3) is 11.1 Å². The second-order valence-corrected chi connectivity index (χ2v) is 19.1. The zero-order valence-electron chi connectivity index (χ0n) is 32.8. The molecule has 1 unspecified atom stereocenters. The lowest BCUT2D eigenvalue weighted by atomic mass is 9.75. The van der Waals surface area contributed by atoms with Gasteiger partial charge in [-0.05, 0) is 82.9 Å². The third-order valence-corrected chi connectivity index (χ3v) is 12.2. The lowest BCUT2D eigenvalue weighted by Crippen LogP contribution is -2.45. The first kappa shape index (κ1) is 41.9. The topological polar surface area (TPSA) is 167 Å². The van der Waals surface area contributed by atoms with Gasteiger partial charge in [-0.1, -0.05) is 51.2 Å². The number of carboxylic acids is 1. The minimum atomic E-state index is -4.81. The van der Waals surface area contributed by atoms with E-state index in [-0.39, 0.29) is 36.8 Å². The molecule has 0 amide bonds. The quantitative estimate of drug-likeness (QED) is 0.121. The van der Waals surface area contributed by atoms with E-state index in [4.69, 9.17) is 4.74 Å². The first-order chi connectivity index (χ1) is 25.5. The summed E-state index contributed by atoms with van der Waals surface area (Å²) in [6, 6.07) is 8.34. The summed E-state index contributed by atoms with van der Waals surface area (Å²) in [4.78, 5) is 13.4. The van der Waals surface area contributed by atoms with Crippen LogP contribution in [0.3, 0.4) is 0 Å². The highest BCUT2D eigenvalue weighted by molar-refractivity contribution is 7.86. The van der Waals surface area contributed by atoms with Crippen molar-refractivity contribution in [3.8, 4) is 5.75 Å². The van der Waals surface area contributed by atoms with Gasteiger partial charge in [-0.15, -0.1) is 0 Å². The number of rotatable bonds is 13. The monoisotopic (exact) mass is 791 g/mol. The number of benzene rings is 2. The minimum Gasteiger partial charge on any atom is -0.748 e. The molecule has 0 bridgehead atoms. The Morgan fingerprint density at radius 1 is 1.00 bits per heavy atom. The summed E-state index contributed by atoms with van der Waals surface area (Å²) in [7, 11) is -9.32. The average molecular weight is 792 g/mol. The summed E-state index contributed by atoms with van der Waals surface area (Å²) >= 11 is 0. The van der Waals surface area contributed by atoms with Gasteiger partial charge in [0, 0.05) is 71.1 Å². The molecule has 3 heterocycles. The largest absolute Gasteiger partial charge is 0.748 e. The smallest absolute Gasteiger partial charge is 0.303 e. The van der Waals surface area contributed by atoms with Crippen molar-refractivity contribution in [2.45, 2.75) is 96.9 Å². The van der Waals surface area contributed by atoms with E-state index < -0.39 is 42.3 Å². The lowest BCUT2D eigenvalue weighted by molar-refractivity contribution is -0.437. The van der Waals surface area contributed by atoms with Crippen LogP contribution in [0.5, 0.6) is 5.75 Å². The van der Waals surface area contributed by atoms with Crippen LogP contribution in [-0.4, -0.2) is 71.7 Å². The second-order valence-electron chi connectivity index (χ2n) is 16.2. The molecule has 0 radical (unpaired) electrons. The third kappa shape index (κ3) is 9.06. The van der Waals surface area contributed by atoms with Crippen LogP contribution in [-0.2, 0) is 30.4 Å². The summed E-state index contributed by atoms with van der Waals surface area (Å²) in [6.07, 6.45) is 14.1. The summed E-state index contributed by atoms with van der Waals surface area (Å²) in [5.41, 5.74) is 5.71.